The molecule has 5 heteroatoms. The Morgan fingerprint density at radius 1 is 1.90 bits per heavy atom. The Labute approximate surface area is 58.5 Å². The van der Waals surface area contributed by atoms with E-state index in [1.54, 1.807) is 6.92 Å². The summed E-state index contributed by atoms with van der Waals surface area (Å²) in [6.07, 6.45) is 0.195. The zero-order valence-electron chi connectivity index (χ0n) is 5.59. The van der Waals surface area contributed by atoms with Crippen LogP contribution in [0.5, 0.6) is 0 Å². The third-order valence-electron chi connectivity index (χ3n) is 0.692. The summed E-state index contributed by atoms with van der Waals surface area (Å²) in [5.41, 5.74) is 7.23. The van der Waals surface area contributed by atoms with Crippen molar-refractivity contribution in [3.8, 4) is 6.07 Å². The number of nitriles is 1. The van der Waals surface area contributed by atoms with Crippen LogP contribution in [0.4, 0.5) is 4.79 Å². The first-order chi connectivity index (χ1) is 4.66. The summed E-state index contributed by atoms with van der Waals surface area (Å²) in [5, 5.41) is 11.6. The molecule has 3 N–H and O–H groups in total. The van der Waals surface area contributed by atoms with Gasteiger partial charge in [-0.2, -0.15) is 10.4 Å². The van der Waals surface area contributed by atoms with Gasteiger partial charge < -0.3 is 5.73 Å². The fourth-order valence-corrected chi connectivity index (χ4v) is 0.304. The molecule has 0 atom stereocenters. The summed E-state index contributed by atoms with van der Waals surface area (Å²) >= 11 is 0. The number of nitrogens with one attached hydrogen (secondary N) is 1. The van der Waals surface area contributed by atoms with E-state index < -0.39 is 6.03 Å². The lowest BCUT2D eigenvalue weighted by atomic mass is 10.3. The van der Waals surface area contributed by atoms with E-state index in [1.807, 2.05) is 11.5 Å². The molecule has 0 saturated carbocycles. The van der Waals surface area contributed by atoms with E-state index >= 15 is 0 Å². The van der Waals surface area contributed by atoms with Crippen LogP contribution in [0.3, 0.4) is 0 Å². The van der Waals surface area contributed by atoms with Gasteiger partial charge in [0.05, 0.1) is 12.5 Å². The number of hydrogen-bond acceptors (Lipinski definition) is 3. The van der Waals surface area contributed by atoms with Crippen LogP contribution in [0.15, 0.2) is 5.10 Å². The van der Waals surface area contributed by atoms with E-state index in [0.717, 1.165) is 0 Å². The normalized spacial score (nSPS) is 10.2. The van der Waals surface area contributed by atoms with Gasteiger partial charge in [0.2, 0.25) is 0 Å². The van der Waals surface area contributed by atoms with Crippen molar-refractivity contribution in [2.75, 3.05) is 0 Å². The van der Waals surface area contributed by atoms with Crippen molar-refractivity contribution >= 4 is 11.7 Å². The van der Waals surface area contributed by atoms with Gasteiger partial charge in [0.1, 0.15) is 0 Å². The SMILES string of the molecule is C/C(CC#N)=N\NC(N)=O. The average Bonchev–Trinajstić information content (AvgIpc) is 1.85. The number of hydrogen-bond donors (Lipinski definition) is 2. The summed E-state index contributed by atoms with van der Waals surface area (Å²) < 4.78 is 0. The predicted octanol–water partition coefficient (Wildman–Crippen LogP) is -0.0557. The Morgan fingerprint density at radius 2 is 2.50 bits per heavy atom. The Hall–Kier alpha value is -1.57. The fourth-order valence-electron chi connectivity index (χ4n) is 0.304. The number of nitrogens with two attached hydrogens (primary N) is 1. The standard InChI is InChI=1S/C5H8N4O/c1-4(2-3-6)8-9-5(7)10/h2H2,1H3,(H3,7,9,10)/b8-4+. The highest BCUT2D eigenvalue weighted by molar-refractivity contribution is 5.85. The van der Waals surface area contributed by atoms with E-state index in [9.17, 15) is 4.79 Å². The lowest BCUT2D eigenvalue weighted by Gasteiger charge is -1.92. The molecule has 0 aliphatic rings. The third kappa shape index (κ3) is 4.59. The van der Waals surface area contributed by atoms with Gasteiger partial charge in [-0.05, 0) is 6.92 Å². The molecule has 0 unspecified atom stereocenters. The van der Waals surface area contributed by atoms with Crippen molar-refractivity contribution < 1.29 is 4.79 Å². The molecule has 0 heterocycles. The molecule has 0 bridgehead atoms. The first-order valence-corrected chi connectivity index (χ1v) is 2.62. The molecule has 0 aromatic carbocycles. The highest BCUT2D eigenvalue weighted by Gasteiger charge is 1.89. The molecule has 0 rings (SSSR count). The van der Waals surface area contributed by atoms with Crippen LogP contribution in [0.1, 0.15) is 13.3 Å². The number of primary amides is 1. The molecule has 0 saturated heterocycles. The van der Waals surface area contributed by atoms with E-state index in [2.05, 4.69) is 5.10 Å². The molecule has 0 aromatic rings. The van der Waals surface area contributed by atoms with E-state index in [4.69, 9.17) is 11.0 Å². The number of rotatable bonds is 2. The molecular weight excluding hydrogens is 132 g/mol. The minimum atomic E-state index is -0.725. The first kappa shape index (κ1) is 8.43. The Balaban J connectivity index is 3.71. The predicted molar refractivity (Wildman–Crippen MR) is 36.1 cm³/mol. The van der Waals surface area contributed by atoms with Gasteiger partial charge in [0, 0.05) is 5.71 Å². The lowest BCUT2D eigenvalue weighted by molar-refractivity contribution is 0.249. The minimum Gasteiger partial charge on any atom is -0.350 e. The quantitative estimate of drug-likeness (QED) is 0.415. The Bertz CT molecular complexity index is 190. The topological polar surface area (TPSA) is 91.3 Å². The maximum absolute atomic E-state index is 10.0. The third-order valence-corrected chi connectivity index (χ3v) is 0.692. The molecule has 10 heavy (non-hydrogen) atoms. The van der Waals surface area contributed by atoms with E-state index in [-0.39, 0.29) is 6.42 Å². The molecule has 0 radical (unpaired) electrons. The number of carbonyl (C=O) groups is 1. The van der Waals surface area contributed by atoms with Crippen LogP contribution in [-0.2, 0) is 0 Å². The first-order valence-electron chi connectivity index (χ1n) is 2.62. The highest BCUT2D eigenvalue weighted by Crippen LogP contribution is 1.79. The molecule has 5 nitrogen and oxygen atoms in total. The van der Waals surface area contributed by atoms with Crippen LogP contribution in [-0.4, -0.2) is 11.7 Å². The molecule has 0 fully saturated rings. The van der Waals surface area contributed by atoms with Crippen molar-refractivity contribution in [1.29, 1.82) is 5.26 Å². The van der Waals surface area contributed by atoms with Crippen LogP contribution < -0.4 is 11.2 Å². The van der Waals surface area contributed by atoms with Gasteiger partial charge in [0.15, 0.2) is 0 Å². The van der Waals surface area contributed by atoms with Gasteiger partial charge in [-0.1, -0.05) is 0 Å². The van der Waals surface area contributed by atoms with Gasteiger partial charge in [-0.3, -0.25) is 0 Å². The molecule has 0 aliphatic heterocycles. The molecule has 0 aliphatic carbocycles. The van der Waals surface area contributed by atoms with Crippen LogP contribution in [0.2, 0.25) is 0 Å². The van der Waals surface area contributed by atoms with Crippen molar-refractivity contribution in [1.82, 2.24) is 5.43 Å². The van der Waals surface area contributed by atoms with E-state index in [0.29, 0.717) is 5.71 Å². The number of carbonyl (C=O) groups excluding carboxylic acids is 1. The van der Waals surface area contributed by atoms with Crippen molar-refractivity contribution in [3.05, 3.63) is 0 Å². The Morgan fingerprint density at radius 3 is 2.90 bits per heavy atom. The summed E-state index contributed by atoms with van der Waals surface area (Å²) in [4.78, 5) is 10.0. The second-order valence-corrected chi connectivity index (χ2v) is 1.66. The molecule has 0 spiro atoms. The van der Waals surface area contributed by atoms with Gasteiger partial charge in [-0.15, -0.1) is 0 Å². The fraction of sp³-hybridized carbons (Fsp3) is 0.400. The van der Waals surface area contributed by atoms with Gasteiger partial charge >= 0.3 is 6.03 Å². The lowest BCUT2D eigenvalue weighted by Crippen LogP contribution is -2.25. The van der Waals surface area contributed by atoms with Gasteiger partial charge in [0.25, 0.3) is 0 Å². The highest BCUT2D eigenvalue weighted by atomic mass is 16.2. The molecule has 54 valence electrons. The zero-order chi connectivity index (χ0) is 7.98. The van der Waals surface area contributed by atoms with Crippen molar-refractivity contribution in [2.45, 2.75) is 13.3 Å². The largest absolute Gasteiger partial charge is 0.350 e. The number of amides is 2. The summed E-state index contributed by atoms with van der Waals surface area (Å²) in [7, 11) is 0. The smallest absolute Gasteiger partial charge is 0.332 e. The van der Waals surface area contributed by atoms with E-state index in [1.165, 1.54) is 0 Å². The maximum Gasteiger partial charge on any atom is 0.332 e. The second-order valence-electron chi connectivity index (χ2n) is 1.66. The molecular formula is C5H8N4O. The minimum absolute atomic E-state index is 0.195. The van der Waals surface area contributed by atoms with Gasteiger partial charge in [-0.25, -0.2) is 10.2 Å². The van der Waals surface area contributed by atoms with Crippen molar-refractivity contribution in [3.63, 3.8) is 0 Å². The monoisotopic (exact) mass is 140 g/mol. The van der Waals surface area contributed by atoms with Crippen molar-refractivity contribution in [2.24, 2.45) is 10.8 Å². The summed E-state index contributed by atoms with van der Waals surface area (Å²) in [6.45, 7) is 1.62. The van der Waals surface area contributed by atoms with Crippen LogP contribution >= 0.6 is 0 Å². The maximum atomic E-state index is 10.0. The second kappa shape index (κ2) is 4.32. The Kier molecular flexibility index (Phi) is 3.64. The zero-order valence-corrected chi connectivity index (χ0v) is 5.59. The summed E-state index contributed by atoms with van der Waals surface area (Å²) in [6, 6.07) is 1.14. The molecule has 2 amide bonds. The molecule has 0 aromatic heterocycles. The van der Waals surface area contributed by atoms with Crippen LogP contribution in [0, 0.1) is 11.3 Å². The summed E-state index contributed by atoms with van der Waals surface area (Å²) in [5.74, 6) is 0. The number of urea groups is 1. The van der Waals surface area contributed by atoms with Crippen LogP contribution in [0.25, 0.3) is 0 Å². The average molecular weight is 140 g/mol. The number of hydrazone groups is 1. The number of nitrogens with zero attached hydrogens (tertiary/aromatic N) is 2.